The van der Waals surface area contributed by atoms with E-state index < -0.39 is 0 Å². The average Bonchev–Trinajstić information content (AvgIpc) is 2.76. The fraction of sp³-hybridized carbons (Fsp3) is 0.333. The Labute approximate surface area is 118 Å². The Morgan fingerprint density at radius 3 is 2.56 bits per heavy atom. The summed E-state index contributed by atoms with van der Waals surface area (Å²) in [6.45, 7) is 7.26. The lowest BCUT2D eigenvalue weighted by Crippen LogP contribution is -2.22. The zero-order chi connectivity index (χ0) is 13.1. The molecule has 0 fully saturated rings. The van der Waals surface area contributed by atoms with Crippen molar-refractivity contribution >= 4 is 22.9 Å². The van der Waals surface area contributed by atoms with Crippen LogP contribution in [0.3, 0.4) is 0 Å². The summed E-state index contributed by atoms with van der Waals surface area (Å²) in [5.74, 6) is 0. The highest BCUT2D eigenvalue weighted by atomic mass is 35.5. The highest BCUT2D eigenvalue weighted by Gasteiger charge is 2.16. The summed E-state index contributed by atoms with van der Waals surface area (Å²) < 4.78 is 0. The molecular weight excluding hydrogens is 262 g/mol. The first-order valence-electron chi connectivity index (χ1n) is 6.15. The van der Waals surface area contributed by atoms with E-state index in [0.29, 0.717) is 0 Å². The number of aryl methyl sites for hydroxylation is 2. The summed E-state index contributed by atoms with van der Waals surface area (Å²) in [6, 6.07) is 6.55. The lowest BCUT2D eigenvalue weighted by Gasteiger charge is -2.19. The van der Waals surface area contributed by atoms with E-state index in [9.17, 15) is 0 Å². The van der Waals surface area contributed by atoms with Crippen molar-refractivity contribution < 1.29 is 0 Å². The fourth-order valence-electron chi connectivity index (χ4n) is 2.07. The Morgan fingerprint density at radius 1 is 1.22 bits per heavy atom. The molecule has 1 nitrogen and oxygen atoms in total. The first-order valence-corrected chi connectivity index (χ1v) is 7.47. The minimum atomic E-state index is 0.236. The third-order valence-corrected chi connectivity index (χ3v) is 4.43. The largest absolute Gasteiger partial charge is 0.306 e. The maximum Gasteiger partial charge on any atom is 0.0588 e. The van der Waals surface area contributed by atoms with Gasteiger partial charge in [0.25, 0.3) is 0 Å². The number of benzene rings is 1. The maximum absolute atomic E-state index is 6.23. The van der Waals surface area contributed by atoms with Crippen molar-refractivity contribution in [2.75, 3.05) is 6.54 Å². The molecule has 1 heterocycles. The molecule has 0 spiro atoms. The summed E-state index contributed by atoms with van der Waals surface area (Å²) in [6.07, 6.45) is 0. The first kappa shape index (κ1) is 13.6. The molecule has 1 unspecified atom stereocenters. The van der Waals surface area contributed by atoms with Gasteiger partial charge >= 0.3 is 0 Å². The smallest absolute Gasteiger partial charge is 0.0588 e. The highest BCUT2D eigenvalue weighted by molar-refractivity contribution is 7.08. The zero-order valence-corrected chi connectivity index (χ0v) is 12.5. The van der Waals surface area contributed by atoms with Crippen molar-refractivity contribution in [3.05, 3.63) is 56.2 Å². The molecule has 96 valence electrons. The molecule has 2 rings (SSSR count). The van der Waals surface area contributed by atoms with Crippen molar-refractivity contribution in [3.63, 3.8) is 0 Å². The standard InChI is InChI=1S/C15H18ClNS/c1-4-17-15(13-9-18-8-11(13)3)12-6-5-10(2)14(16)7-12/h5-9,15,17H,4H2,1-3H3. The lowest BCUT2D eigenvalue weighted by molar-refractivity contribution is 0.629. The quantitative estimate of drug-likeness (QED) is 0.854. The van der Waals surface area contributed by atoms with Gasteiger partial charge in [-0.05, 0) is 59.5 Å². The Kier molecular flexibility index (Phi) is 4.44. The van der Waals surface area contributed by atoms with Gasteiger partial charge in [-0.2, -0.15) is 11.3 Å². The normalized spacial score (nSPS) is 12.7. The Morgan fingerprint density at radius 2 is 2.00 bits per heavy atom. The van der Waals surface area contributed by atoms with Crippen LogP contribution in [0.2, 0.25) is 5.02 Å². The topological polar surface area (TPSA) is 12.0 Å². The van der Waals surface area contributed by atoms with E-state index in [0.717, 1.165) is 17.1 Å². The second kappa shape index (κ2) is 5.87. The molecule has 1 N–H and O–H groups in total. The van der Waals surface area contributed by atoms with Crippen LogP contribution in [0.15, 0.2) is 29.0 Å². The van der Waals surface area contributed by atoms with Crippen LogP contribution >= 0.6 is 22.9 Å². The van der Waals surface area contributed by atoms with E-state index in [1.807, 2.05) is 6.92 Å². The predicted octanol–water partition coefficient (Wildman–Crippen LogP) is 4.72. The van der Waals surface area contributed by atoms with Gasteiger partial charge in [0.15, 0.2) is 0 Å². The van der Waals surface area contributed by atoms with Crippen LogP contribution in [0, 0.1) is 13.8 Å². The van der Waals surface area contributed by atoms with Crippen LogP contribution in [0.1, 0.15) is 35.2 Å². The highest BCUT2D eigenvalue weighted by Crippen LogP contribution is 2.29. The van der Waals surface area contributed by atoms with Crippen molar-refractivity contribution in [1.29, 1.82) is 0 Å². The fourth-order valence-corrected chi connectivity index (χ4v) is 3.13. The summed E-state index contributed by atoms with van der Waals surface area (Å²) in [4.78, 5) is 0. The molecule has 0 aliphatic heterocycles. The molecule has 3 heteroatoms. The number of hydrogen-bond acceptors (Lipinski definition) is 2. The molecule has 18 heavy (non-hydrogen) atoms. The van der Waals surface area contributed by atoms with Gasteiger partial charge in [-0.15, -0.1) is 0 Å². The summed E-state index contributed by atoms with van der Waals surface area (Å²) in [5, 5.41) is 8.78. The predicted molar refractivity (Wildman–Crippen MR) is 80.8 cm³/mol. The maximum atomic E-state index is 6.23. The SMILES string of the molecule is CCNC(c1ccc(C)c(Cl)c1)c1cscc1C. The lowest BCUT2D eigenvalue weighted by atomic mass is 9.97. The van der Waals surface area contributed by atoms with E-state index in [-0.39, 0.29) is 6.04 Å². The number of nitrogens with one attached hydrogen (secondary N) is 1. The van der Waals surface area contributed by atoms with Gasteiger partial charge < -0.3 is 5.32 Å². The van der Waals surface area contributed by atoms with Gasteiger partial charge in [0.1, 0.15) is 0 Å². The van der Waals surface area contributed by atoms with E-state index >= 15 is 0 Å². The zero-order valence-electron chi connectivity index (χ0n) is 11.0. The van der Waals surface area contributed by atoms with Crippen molar-refractivity contribution in [2.45, 2.75) is 26.8 Å². The van der Waals surface area contributed by atoms with Gasteiger partial charge in [-0.1, -0.05) is 30.7 Å². The first-order chi connectivity index (χ1) is 8.63. The van der Waals surface area contributed by atoms with Crippen LogP contribution < -0.4 is 5.32 Å². The van der Waals surface area contributed by atoms with Gasteiger partial charge in [-0.25, -0.2) is 0 Å². The van der Waals surface area contributed by atoms with Crippen LogP contribution in [0.4, 0.5) is 0 Å². The van der Waals surface area contributed by atoms with E-state index in [2.05, 4.69) is 48.1 Å². The van der Waals surface area contributed by atoms with Crippen LogP contribution in [-0.4, -0.2) is 6.54 Å². The van der Waals surface area contributed by atoms with Gasteiger partial charge in [-0.3, -0.25) is 0 Å². The second-order valence-electron chi connectivity index (χ2n) is 4.51. The van der Waals surface area contributed by atoms with Crippen molar-refractivity contribution in [1.82, 2.24) is 5.32 Å². The monoisotopic (exact) mass is 279 g/mol. The van der Waals surface area contributed by atoms with E-state index in [1.54, 1.807) is 11.3 Å². The second-order valence-corrected chi connectivity index (χ2v) is 5.66. The molecule has 2 aromatic rings. The molecule has 0 aliphatic carbocycles. The van der Waals surface area contributed by atoms with Crippen molar-refractivity contribution in [2.24, 2.45) is 0 Å². The number of rotatable bonds is 4. The van der Waals surface area contributed by atoms with Gasteiger partial charge in [0.05, 0.1) is 6.04 Å². The molecule has 1 atom stereocenters. The van der Waals surface area contributed by atoms with Gasteiger partial charge in [0, 0.05) is 5.02 Å². The Bertz CT molecular complexity index is 533. The molecule has 0 aliphatic rings. The molecule has 0 bridgehead atoms. The Balaban J connectivity index is 2.41. The Hall–Kier alpha value is -0.830. The van der Waals surface area contributed by atoms with Crippen molar-refractivity contribution in [3.8, 4) is 0 Å². The van der Waals surface area contributed by atoms with E-state index in [1.165, 1.54) is 16.7 Å². The minimum Gasteiger partial charge on any atom is -0.306 e. The molecule has 0 saturated carbocycles. The number of thiophene rings is 1. The average molecular weight is 280 g/mol. The number of hydrogen-bond donors (Lipinski definition) is 1. The molecule has 0 radical (unpaired) electrons. The summed E-state index contributed by atoms with van der Waals surface area (Å²) in [5.41, 5.74) is 5.04. The molecular formula is C15H18ClNS. The van der Waals surface area contributed by atoms with Crippen LogP contribution in [-0.2, 0) is 0 Å². The van der Waals surface area contributed by atoms with Crippen LogP contribution in [0.25, 0.3) is 0 Å². The summed E-state index contributed by atoms with van der Waals surface area (Å²) >= 11 is 7.98. The third kappa shape index (κ3) is 2.77. The van der Waals surface area contributed by atoms with E-state index in [4.69, 9.17) is 11.6 Å². The third-order valence-electron chi connectivity index (χ3n) is 3.14. The summed E-state index contributed by atoms with van der Waals surface area (Å²) in [7, 11) is 0. The molecule has 0 saturated heterocycles. The molecule has 1 aromatic carbocycles. The van der Waals surface area contributed by atoms with Crippen LogP contribution in [0.5, 0.6) is 0 Å². The minimum absolute atomic E-state index is 0.236. The molecule has 1 aromatic heterocycles. The number of halogens is 1. The van der Waals surface area contributed by atoms with Gasteiger partial charge in [0.2, 0.25) is 0 Å². The molecule has 0 amide bonds.